The zero-order valence-corrected chi connectivity index (χ0v) is 65.0. The number of fused-ring (bicyclic) bond motifs is 20. The zero-order valence-electron chi connectivity index (χ0n) is 64.0. The van der Waals surface area contributed by atoms with E-state index in [2.05, 4.69) is 147 Å². The fraction of sp³-hybridized carbons (Fsp3) is 0.159. The monoisotopic (exact) mass is 1520 g/mol. The SMILES string of the molecule is CN1CC23c4c5c6c7c8c9c(c%10c%11c2c2c%12c4c4c%13c5c5c7c7c8c8c%14c9c%10c9c%10c%11c2c2c%11c%12c4c4c%12c%13c5c5c7c7c8c8c%14c9c9c%10c2c2c%11c4c4c%12c5c7c5c8c9c2c45)C63C1c1ccc2c(c1)-c1nc-2nc2[n-]c(nc3nc(nc4[n-]c(n1)c1cccc(C(C)(C)C)c41)-c1cccc(C(C)(C)C)c1-3)c1cccc(C(C)(C)C)c21.[Cu+2]. The van der Waals surface area contributed by atoms with Gasteiger partial charge in [-0.2, -0.15) is 0 Å². The van der Waals surface area contributed by atoms with E-state index in [0.29, 0.717) is 45.9 Å². The molecule has 35 aromatic rings. The van der Waals surface area contributed by atoms with Gasteiger partial charge in [0.05, 0.1) is 34.1 Å². The second-order valence-electron chi connectivity index (χ2n) is 42.0. The van der Waals surface area contributed by atoms with E-state index in [1.54, 1.807) is 313 Å². The third-order valence-electron chi connectivity index (χ3n) is 35.4. The van der Waals surface area contributed by atoms with Crippen molar-refractivity contribution in [1.29, 1.82) is 0 Å². The molecule has 42 rings (SSSR count). The average molecular weight is 1520 g/mol. The molecule has 6 heterocycles. The maximum Gasteiger partial charge on any atom is 2.00 e. The van der Waals surface area contributed by atoms with Crippen molar-refractivity contribution < 1.29 is 17.1 Å². The van der Waals surface area contributed by atoms with Crippen molar-refractivity contribution in [3.8, 4) is 45.6 Å². The fourth-order valence-electron chi connectivity index (χ4n) is 33.4. The number of rotatable bonds is 1. The van der Waals surface area contributed by atoms with Gasteiger partial charge in [-0.1, -0.05) is 129 Å². The maximum absolute atomic E-state index is 5.96. The van der Waals surface area contributed by atoms with E-state index in [-0.39, 0.29) is 39.4 Å². The normalized spacial score (nSPS) is 19.7. The van der Waals surface area contributed by atoms with E-state index >= 15 is 0 Å². The molecule has 1 saturated heterocycles. The molecule has 0 saturated carbocycles. The van der Waals surface area contributed by atoms with Crippen LogP contribution in [0.3, 0.4) is 0 Å². The van der Waals surface area contributed by atoms with Gasteiger partial charge in [-0.05, 0) is 386 Å². The third kappa shape index (κ3) is 3.96. The van der Waals surface area contributed by atoms with Gasteiger partial charge < -0.3 is 29.9 Å². The number of hydrogen-bond donors (Lipinski definition) is 0. The van der Waals surface area contributed by atoms with Crippen LogP contribution in [0.5, 0.6) is 0 Å². The van der Waals surface area contributed by atoms with Crippen molar-refractivity contribution >= 4 is 335 Å². The molecule has 8 bridgehead atoms. The van der Waals surface area contributed by atoms with E-state index in [1.807, 2.05) is 0 Å². The molecule has 10 heteroatoms. The summed E-state index contributed by atoms with van der Waals surface area (Å²) >= 11 is 0. The van der Waals surface area contributed by atoms with Crippen molar-refractivity contribution in [1.82, 2.24) is 44.8 Å². The summed E-state index contributed by atoms with van der Waals surface area (Å²) in [6, 6.07) is 27.2. The Balaban J connectivity index is 0.00000594. The van der Waals surface area contributed by atoms with Crippen molar-refractivity contribution in [2.45, 2.75) is 95.4 Å². The Morgan fingerprint density at radius 2 is 0.573 bits per heavy atom. The van der Waals surface area contributed by atoms with Crippen molar-refractivity contribution in [3.05, 3.63) is 117 Å². The second kappa shape index (κ2) is 13.9. The predicted molar refractivity (Wildman–Crippen MR) is 479 cm³/mol. The van der Waals surface area contributed by atoms with E-state index in [4.69, 9.17) is 39.9 Å². The van der Waals surface area contributed by atoms with Crippen LogP contribution in [0, 0.1) is 0 Å². The number of benzene rings is 21. The van der Waals surface area contributed by atoms with Gasteiger partial charge in [0.25, 0.3) is 0 Å². The third-order valence-corrected chi connectivity index (χ3v) is 35.4. The number of likely N-dealkylation sites (tertiary alicyclic amines) is 1. The van der Waals surface area contributed by atoms with Gasteiger partial charge in [0, 0.05) is 57.4 Å². The van der Waals surface area contributed by atoms with Crippen LogP contribution >= 0.6 is 0 Å². The van der Waals surface area contributed by atoms with Gasteiger partial charge in [-0.3, -0.25) is 4.90 Å². The summed E-state index contributed by atoms with van der Waals surface area (Å²) in [5.41, 5.74) is 15.7. The Morgan fingerprint density at radius 1 is 0.282 bits per heavy atom. The number of aromatic nitrogens is 8. The van der Waals surface area contributed by atoms with E-state index in [0.717, 1.165) is 67.0 Å². The molecule has 3 unspecified atom stereocenters. The standard InChI is InChI=1S/C107H45N9.Cu/c1-103(2,3)30-17-11-14-26-33(30)101-111-96(26)109-99-29-22-24(20-21-25(29)95(108-99)110-100-34-27(15-12-18-31(34)104(4,5)6)97(112-100)114-102-35-28(98(113-101)115-102)16-13-19-32(35)105(7,8)9)94-107-92-85-77-65-57-48-39-37-36-38-42(39)51-58-56-47(38)49-45-40(36)43-44-41(37)46-50(48)63(65)71-69-55(46)53(44)61-60-52(43)54(45)68-70-62(49)64(56)76-78-66(58)67(59(51)57)79(77)88(92)87(78)90-83(76)81(70)84-74(68)72(60)80-73(61)75(69)86(82(71)85)93(107)89(80)91(84)106(90,107)23-116(94)10;/h11-22,94H,23H2,1-10H3;/q-2;+2. The minimum absolute atomic E-state index is 0. The van der Waals surface area contributed by atoms with E-state index in [1.165, 1.54) is 5.56 Å². The molecule has 117 heavy (non-hydrogen) atoms. The number of likely N-dealkylation sites (N-methyl/N-ethyl adjacent to an activating group) is 1. The average Bonchev–Trinajstić information content (AvgIpc) is 1.38. The van der Waals surface area contributed by atoms with Crippen LogP contribution in [0.1, 0.15) is 113 Å². The molecule has 0 N–H and O–H groups in total. The Bertz CT molecular complexity index is 11100. The fourth-order valence-corrected chi connectivity index (χ4v) is 33.4. The first-order valence-corrected chi connectivity index (χ1v) is 42.3. The molecule has 7 aliphatic rings. The molecule has 4 aliphatic carbocycles. The summed E-state index contributed by atoms with van der Waals surface area (Å²) in [6.45, 7) is 21.5. The summed E-state index contributed by atoms with van der Waals surface area (Å²) in [5, 5.41) is 91.0. The van der Waals surface area contributed by atoms with Crippen LogP contribution in [0.25, 0.3) is 381 Å². The van der Waals surface area contributed by atoms with Gasteiger partial charge in [0.2, 0.25) is 0 Å². The van der Waals surface area contributed by atoms with Gasteiger partial charge in [0.15, 0.2) is 0 Å². The van der Waals surface area contributed by atoms with Crippen molar-refractivity contribution in [2.24, 2.45) is 0 Å². The van der Waals surface area contributed by atoms with E-state index < -0.39 is 10.8 Å². The molecule has 529 valence electrons. The van der Waals surface area contributed by atoms with Crippen LogP contribution < -0.4 is 9.97 Å². The largest absolute Gasteiger partial charge is 2.00 e. The van der Waals surface area contributed by atoms with Crippen LogP contribution in [0.15, 0.2) is 72.8 Å². The summed E-state index contributed by atoms with van der Waals surface area (Å²) in [6.07, 6.45) is 0. The topological polar surface area (TPSA) is 109 Å². The first kappa shape index (κ1) is 54.1. The molecule has 0 amide bonds. The minimum Gasteiger partial charge on any atom is -0.357 e. The summed E-state index contributed by atoms with van der Waals surface area (Å²) in [5.74, 6) is 2.34. The van der Waals surface area contributed by atoms with Crippen LogP contribution in [-0.2, 0) is 44.1 Å². The Labute approximate surface area is 663 Å². The van der Waals surface area contributed by atoms with Crippen molar-refractivity contribution in [2.75, 3.05) is 13.6 Å². The first-order valence-electron chi connectivity index (χ1n) is 42.3. The van der Waals surface area contributed by atoms with E-state index in [9.17, 15) is 0 Å². The summed E-state index contributed by atoms with van der Waals surface area (Å²) in [4.78, 5) is 48.8. The quantitative estimate of drug-likeness (QED) is 0.117. The van der Waals surface area contributed by atoms with Crippen LogP contribution in [-0.4, -0.2) is 48.4 Å². The molecular weight excluding hydrogens is 1470 g/mol. The molecule has 3 aliphatic heterocycles. The van der Waals surface area contributed by atoms with Gasteiger partial charge in [0.1, 0.15) is 0 Å². The molecule has 1 fully saturated rings. The molecule has 1 radical (unpaired) electrons. The summed E-state index contributed by atoms with van der Waals surface area (Å²) in [7, 11) is 2.57. The van der Waals surface area contributed by atoms with Crippen LogP contribution in [0.4, 0.5) is 0 Å². The first-order chi connectivity index (χ1) is 56.5. The van der Waals surface area contributed by atoms with Gasteiger partial charge in [-0.25, -0.2) is 9.97 Å². The Morgan fingerprint density at radius 3 is 0.983 bits per heavy atom. The number of hydrogen-bond acceptors (Lipinski definition) is 7. The molecule has 3 aromatic heterocycles. The number of nitrogens with zero attached hydrogens (tertiary/aromatic N) is 9. The van der Waals surface area contributed by atoms with Crippen LogP contribution in [0.2, 0.25) is 0 Å². The molecule has 2 spiro atoms. The molecule has 3 atom stereocenters. The van der Waals surface area contributed by atoms with Crippen molar-refractivity contribution in [3.63, 3.8) is 0 Å². The second-order valence-corrected chi connectivity index (χ2v) is 42.0. The predicted octanol–water partition coefficient (Wildman–Crippen LogP) is 26.3. The Hall–Kier alpha value is -12.8. The van der Waals surface area contributed by atoms with Gasteiger partial charge in [-0.15, -0.1) is 0 Å². The molecule has 9 nitrogen and oxygen atoms in total. The minimum atomic E-state index is -0.589. The van der Waals surface area contributed by atoms with Gasteiger partial charge >= 0.3 is 17.1 Å². The molecule has 32 aromatic carbocycles. The maximum atomic E-state index is 5.96. The Kier molecular flexibility index (Phi) is 6.44. The summed E-state index contributed by atoms with van der Waals surface area (Å²) < 4.78 is 0. The zero-order chi connectivity index (χ0) is 73.5. The molecular formula is C107H45CuN9. The smallest absolute Gasteiger partial charge is 0.357 e.